The van der Waals surface area contributed by atoms with Crippen LogP contribution in [0.4, 0.5) is 5.69 Å². The van der Waals surface area contributed by atoms with Crippen molar-refractivity contribution in [2.75, 3.05) is 18.5 Å². The van der Waals surface area contributed by atoms with Crippen molar-refractivity contribution in [3.63, 3.8) is 0 Å². The first-order chi connectivity index (χ1) is 12.4. The van der Waals surface area contributed by atoms with Crippen LogP contribution in [0.1, 0.15) is 36.5 Å². The number of nitrogens with one attached hydrogen (secondary N) is 1. The topological polar surface area (TPSA) is 64.6 Å². The fourth-order valence-corrected chi connectivity index (χ4v) is 2.49. The summed E-state index contributed by atoms with van der Waals surface area (Å²) in [6.45, 7) is 7.37. The summed E-state index contributed by atoms with van der Waals surface area (Å²) in [5.74, 6) is -0.0475. The monoisotopic (exact) mass is 355 g/mol. The lowest BCUT2D eigenvalue weighted by Crippen LogP contribution is -2.24. The van der Waals surface area contributed by atoms with Gasteiger partial charge in [-0.1, -0.05) is 44.2 Å². The first kappa shape index (κ1) is 19.5. The smallest absolute Gasteiger partial charge is 0.344 e. The van der Waals surface area contributed by atoms with Gasteiger partial charge in [0.25, 0.3) is 5.91 Å². The van der Waals surface area contributed by atoms with Crippen molar-refractivity contribution in [2.24, 2.45) is 0 Å². The maximum Gasteiger partial charge on any atom is 0.344 e. The van der Waals surface area contributed by atoms with E-state index in [1.54, 1.807) is 0 Å². The number of benzene rings is 2. The van der Waals surface area contributed by atoms with Crippen LogP contribution >= 0.6 is 0 Å². The van der Waals surface area contributed by atoms with Gasteiger partial charge in [-0.15, -0.1) is 0 Å². The van der Waals surface area contributed by atoms with Crippen LogP contribution in [-0.4, -0.2) is 25.1 Å². The molecule has 0 heterocycles. The Labute approximate surface area is 154 Å². The lowest BCUT2D eigenvalue weighted by Gasteiger charge is -2.14. The predicted octanol–water partition coefficient (Wildman–Crippen LogP) is 3.99. The van der Waals surface area contributed by atoms with E-state index < -0.39 is 5.97 Å². The van der Waals surface area contributed by atoms with Crippen LogP contribution < -0.4 is 10.1 Å². The zero-order valence-corrected chi connectivity index (χ0v) is 15.7. The molecule has 0 aliphatic heterocycles. The number of rotatable bonds is 7. The fraction of sp³-hybridized carbons (Fsp3) is 0.333. The molecule has 0 unspecified atom stereocenters. The molecule has 1 N–H and O–H groups in total. The molecule has 0 fully saturated rings. The van der Waals surface area contributed by atoms with E-state index in [4.69, 9.17) is 9.47 Å². The van der Waals surface area contributed by atoms with E-state index in [1.165, 1.54) is 0 Å². The number of amides is 1. The second kappa shape index (κ2) is 9.04. The molecule has 2 aromatic carbocycles. The van der Waals surface area contributed by atoms with Gasteiger partial charge >= 0.3 is 5.97 Å². The summed E-state index contributed by atoms with van der Waals surface area (Å²) in [7, 11) is 0. The summed E-state index contributed by atoms with van der Waals surface area (Å²) in [5.41, 5.74) is 3.74. The molecule has 2 rings (SSSR count). The van der Waals surface area contributed by atoms with Gasteiger partial charge in [-0.2, -0.15) is 0 Å². The third-order valence-corrected chi connectivity index (χ3v) is 3.91. The zero-order chi connectivity index (χ0) is 19.1. The number of carbonyl (C=O) groups excluding carboxylic acids is 2. The average molecular weight is 355 g/mol. The molecule has 1 amide bonds. The van der Waals surface area contributed by atoms with E-state index in [9.17, 15) is 9.59 Å². The molecule has 0 spiro atoms. The van der Waals surface area contributed by atoms with Crippen molar-refractivity contribution in [1.29, 1.82) is 0 Å². The second-order valence-electron chi connectivity index (χ2n) is 6.51. The molecular formula is C21H25NO4. The molecule has 0 aliphatic carbocycles. The van der Waals surface area contributed by atoms with Crippen molar-refractivity contribution in [2.45, 2.75) is 33.6 Å². The van der Waals surface area contributed by atoms with Crippen LogP contribution in [0.2, 0.25) is 0 Å². The van der Waals surface area contributed by atoms with Crippen LogP contribution in [0.5, 0.6) is 5.75 Å². The van der Waals surface area contributed by atoms with E-state index in [2.05, 4.69) is 19.2 Å². The highest BCUT2D eigenvalue weighted by Crippen LogP contribution is 2.23. The highest BCUT2D eigenvalue weighted by atomic mass is 16.6. The number of esters is 1. The van der Waals surface area contributed by atoms with Crippen LogP contribution in [0, 0.1) is 13.8 Å². The van der Waals surface area contributed by atoms with Gasteiger partial charge in [-0.25, -0.2) is 4.79 Å². The Morgan fingerprint density at radius 1 is 1.04 bits per heavy atom. The fourth-order valence-electron chi connectivity index (χ4n) is 2.49. The Bertz CT molecular complexity index is 783. The summed E-state index contributed by atoms with van der Waals surface area (Å²) in [6, 6.07) is 13.3. The highest BCUT2D eigenvalue weighted by Gasteiger charge is 2.12. The van der Waals surface area contributed by atoms with Gasteiger partial charge in [0.15, 0.2) is 13.2 Å². The molecule has 138 valence electrons. The molecular weight excluding hydrogens is 330 g/mol. The van der Waals surface area contributed by atoms with Gasteiger partial charge in [-0.3, -0.25) is 4.79 Å². The first-order valence-corrected chi connectivity index (χ1v) is 8.61. The number of hydrogen-bond acceptors (Lipinski definition) is 4. The Hall–Kier alpha value is -2.82. The van der Waals surface area contributed by atoms with Gasteiger partial charge in [-0.05, 0) is 48.6 Å². The minimum absolute atomic E-state index is 0.236. The maximum absolute atomic E-state index is 12.0. The Morgan fingerprint density at radius 3 is 2.50 bits per heavy atom. The third kappa shape index (κ3) is 5.62. The third-order valence-electron chi connectivity index (χ3n) is 3.91. The minimum atomic E-state index is -0.585. The molecule has 0 bridgehead atoms. The molecule has 5 nitrogen and oxygen atoms in total. The molecule has 0 radical (unpaired) electrons. The zero-order valence-electron chi connectivity index (χ0n) is 15.7. The summed E-state index contributed by atoms with van der Waals surface area (Å²) in [5, 5.41) is 2.78. The lowest BCUT2D eigenvalue weighted by atomic mass is 10.0. The standard InChI is InChI=1S/C21H25NO4/c1-14(2)17-7-5-6-8-18(17)22-20(23)12-26-21(24)13-25-19-11-15(3)9-10-16(19)4/h5-11,14H,12-13H2,1-4H3,(H,22,23). The van der Waals surface area contributed by atoms with Crippen molar-refractivity contribution >= 4 is 17.6 Å². The van der Waals surface area contributed by atoms with Crippen molar-refractivity contribution < 1.29 is 19.1 Å². The van der Waals surface area contributed by atoms with Crippen molar-refractivity contribution in [3.8, 4) is 5.75 Å². The van der Waals surface area contributed by atoms with Crippen LogP contribution in [-0.2, 0) is 14.3 Å². The van der Waals surface area contributed by atoms with Gasteiger partial charge in [0.2, 0.25) is 0 Å². The van der Waals surface area contributed by atoms with Crippen molar-refractivity contribution in [3.05, 3.63) is 59.2 Å². The minimum Gasteiger partial charge on any atom is -0.482 e. The molecule has 0 aliphatic rings. The van der Waals surface area contributed by atoms with E-state index in [0.29, 0.717) is 5.75 Å². The van der Waals surface area contributed by atoms with Crippen molar-refractivity contribution in [1.82, 2.24) is 0 Å². The van der Waals surface area contributed by atoms with Gasteiger partial charge in [0.05, 0.1) is 0 Å². The average Bonchev–Trinajstić information content (AvgIpc) is 2.61. The van der Waals surface area contributed by atoms with Crippen LogP contribution in [0.15, 0.2) is 42.5 Å². The van der Waals surface area contributed by atoms with Gasteiger partial charge in [0, 0.05) is 5.69 Å². The number of hydrogen-bond donors (Lipinski definition) is 1. The van der Waals surface area contributed by atoms with Crippen LogP contribution in [0.3, 0.4) is 0 Å². The van der Waals surface area contributed by atoms with E-state index >= 15 is 0 Å². The number of ether oxygens (including phenoxy) is 2. The number of para-hydroxylation sites is 1. The number of aryl methyl sites for hydroxylation is 2. The van der Waals surface area contributed by atoms with Gasteiger partial charge in [0.1, 0.15) is 5.75 Å². The van der Waals surface area contributed by atoms with Crippen LogP contribution in [0.25, 0.3) is 0 Å². The summed E-state index contributed by atoms with van der Waals surface area (Å²) < 4.78 is 10.5. The SMILES string of the molecule is Cc1ccc(C)c(OCC(=O)OCC(=O)Nc2ccccc2C(C)C)c1. The molecule has 0 atom stereocenters. The Balaban J connectivity index is 1.82. The number of carbonyl (C=O) groups is 2. The predicted molar refractivity (Wildman–Crippen MR) is 102 cm³/mol. The number of anilines is 1. The van der Waals surface area contributed by atoms with Gasteiger partial charge < -0.3 is 14.8 Å². The maximum atomic E-state index is 12.0. The lowest BCUT2D eigenvalue weighted by molar-refractivity contribution is -0.149. The molecule has 2 aromatic rings. The van der Waals surface area contributed by atoms with E-state index in [1.807, 2.05) is 56.3 Å². The summed E-state index contributed by atoms with van der Waals surface area (Å²) >= 11 is 0. The Kier molecular flexibility index (Phi) is 6.78. The normalized spacial score (nSPS) is 10.5. The van der Waals surface area contributed by atoms with E-state index in [0.717, 1.165) is 22.4 Å². The molecule has 26 heavy (non-hydrogen) atoms. The summed E-state index contributed by atoms with van der Waals surface area (Å²) in [6.07, 6.45) is 0. The first-order valence-electron chi connectivity index (χ1n) is 8.61. The van der Waals surface area contributed by atoms with E-state index in [-0.39, 0.29) is 25.0 Å². The Morgan fingerprint density at radius 2 is 1.77 bits per heavy atom. The summed E-state index contributed by atoms with van der Waals surface area (Å²) in [4.78, 5) is 23.9. The second-order valence-corrected chi connectivity index (χ2v) is 6.51. The highest BCUT2D eigenvalue weighted by molar-refractivity contribution is 5.93. The molecule has 0 saturated heterocycles. The molecule has 0 saturated carbocycles. The molecule has 0 aromatic heterocycles. The molecule has 5 heteroatoms. The quantitative estimate of drug-likeness (QED) is 0.763. The largest absolute Gasteiger partial charge is 0.482 e.